The third-order valence-electron chi connectivity index (χ3n) is 3.33. The van der Waals surface area contributed by atoms with Gasteiger partial charge in [0.1, 0.15) is 17.4 Å². The summed E-state index contributed by atoms with van der Waals surface area (Å²) in [4.78, 5) is 12.5. The molecule has 5 heteroatoms. The van der Waals surface area contributed by atoms with E-state index in [1.54, 1.807) is 25.1 Å². The van der Waals surface area contributed by atoms with Gasteiger partial charge in [0.05, 0.1) is 12.2 Å². The lowest BCUT2D eigenvalue weighted by molar-refractivity contribution is -0.139. The SMILES string of the molecule is CCCC(C)(OCC)C(=O)Nc1ccc(OCC)c(C#N)c1. The molecule has 0 saturated carbocycles. The molecule has 1 aromatic rings. The summed E-state index contributed by atoms with van der Waals surface area (Å²) in [5.41, 5.74) is 0.0924. The Morgan fingerprint density at radius 3 is 2.59 bits per heavy atom. The summed E-state index contributed by atoms with van der Waals surface area (Å²) < 4.78 is 11.0. The second-order valence-electron chi connectivity index (χ2n) is 5.12. The van der Waals surface area contributed by atoms with Gasteiger partial charge in [-0.1, -0.05) is 13.3 Å². The van der Waals surface area contributed by atoms with Crippen LogP contribution in [0.1, 0.15) is 46.1 Å². The van der Waals surface area contributed by atoms with E-state index in [9.17, 15) is 4.79 Å². The van der Waals surface area contributed by atoms with E-state index in [2.05, 4.69) is 11.4 Å². The van der Waals surface area contributed by atoms with Gasteiger partial charge in [0.25, 0.3) is 5.91 Å². The molecule has 0 aliphatic carbocycles. The molecule has 0 aliphatic rings. The predicted octanol–water partition coefficient (Wildman–Crippen LogP) is 3.49. The highest BCUT2D eigenvalue weighted by Crippen LogP contribution is 2.25. The molecule has 1 atom stereocenters. The number of rotatable bonds is 8. The first-order chi connectivity index (χ1) is 10.5. The number of carbonyl (C=O) groups excluding carboxylic acids is 1. The van der Waals surface area contributed by atoms with Gasteiger partial charge in [-0.25, -0.2) is 0 Å². The fraction of sp³-hybridized carbons (Fsp3) is 0.529. The summed E-state index contributed by atoms with van der Waals surface area (Å²) in [6.45, 7) is 8.47. The molecule has 0 bridgehead atoms. The number of hydrogen-bond acceptors (Lipinski definition) is 4. The molecule has 5 nitrogen and oxygen atoms in total. The second kappa shape index (κ2) is 8.40. The van der Waals surface area contributed by atoms with E-state index >= 15 is 0 Å². The van der Waals surface area contributed by atoms with Crippen molar-refractivity contribution in [1.82, 2.24) is 0 Å². The number of nitriles is 1. The van der Waals surface area contributed by atoms with Crippen molar-refractivity contribution < 1.29 is 14.3 Å². The highest BCUT2D eigenvalue weighted by Gasteiger charge is 2.33. The molecular formula is C17H24N2O3. The van der Waals surface area contributed by atoms with Gasteiger partial charge in [-0.15, -0.1) is 0 Å². The van der Waals surface area contributed by atoms with Crippen LogP contribution in [0.15, 0.2) is 18.2 Å². The minimum absolute atomic E-state index is 0.204. The number of amides is 1. The van der Waals surface area contributed by atoms with Gasteiger partial charge in [0.2, 0.25) is 0 Å². The molecule has 0 saturated heterocycles. The summed E-state index contributed by atoms with van der Waals surface area (Å²) in [5, 5.41) is 12.0. The first kappa shape index (κ1) is 18.0. The lowest BCUT2D eigenvalue weighted by atomic mass is 9.99. The molecule has 0 radical (unpaired) electrons. The number of carbonyl (C=O) groups is 1. The van der Waals surface area contributed by atoms with Crippen LogP contribution in [0.3, 0.4) is 0 Å². The van der Waals surface area contributed by atoms with Crippen LogP contribution in [-0.2, 0) is 9.53 Å². The molecule has 0 aliphatic heterocycles. The quantitative estimate of drug-likeness (QED) is 0.798. The fourth-order valence-corrected chi connectivity index (χ4v) is 2.29. The summed E-state index contributed by atoms with van der Waals surface area (Å²) >= 11 is 0. The molecule has 0 heterocycles. The summed E-state index contributed by atoms with van der Waals surface area (Å²) in [6, 6.07) is 7.10. The molecule has 1 amide bonds. The number of nitrogens with zero attached hydrogens (tertiary/aromatic N) is 1. The van der Waals surface area contributed by atoms with Gasteiger partial charge in [-0.05, 0) is 45.4 Å². The number of ether oxygens (including phenoxy) is 2. The van der Waals surface area contributed by atoms with E-state index < -0.39 is 5.60 Å². The molecule has 0 spiro atoms. The van der Waals surface area contributed by atoms with Gasteiger partial charge in [-0.3, -0.25) is 4.79 Å². The van der Waals surface area contributed by atoms with E-state index in [4.69, 9.17) is 14.7 Å². The summed E-state index contributed by atoms with van der Waals surface area (Å²) in [6.07, 6.45) is 1.48. The number of benzene rings is 1. The van der Waals surface area contributed by atoms with E-state index in [0.717, 1.165) is 6.42 Å². The number of nitrogens with one attached hydrogen (secondary N) is 1. The van der Waals surface area contributed by atoms with E-state index in [0.29, 0.717) is 36.6 Å². The Kier molecular flexibility index (Phi) is 6.87. The Hall–Kier alpha value is -2.06. The van der Waals surface area contributed by atoms with Crippen molar-refractivity contribution in [2.75, 3.05) is 18.5 Å². The maximum absolute atomic E-state index is 12.5. The molecule has 1 rings (SSSR count). The maximum Gasteiger partial charge on any atom is 0.256 e. The van der Waals surface area contributed by atoms with Crippen molar-refractivity contribution in [2.24, 2.45) is 0 Å². The van der Waals surface area contributed by atoms with Crippen molar-refractivity contribution in [3.8, 4) is 11.8 Å². The maximum atomic E-state index is 12.5. The average molecular weight is 304 g/mol. The van der Waals surface area contributed by atoms with Crippen LogP contribution in [-0.4, -0.2) is 24.7 Å². The number of hydrogen-bond donors (Lipinski definition) is 1. The minimum atomic E-state index is -0.866. The van der Waals surface area contributed by atoms with Crippen LogP contribution in [0, 0.1) is 11.3 Å². The molecular weight excluding hydrogens is 280 g/mol. The van der Waals surface area contributed by atoms with E-state index in [-0.39, 0.29) is 5.91 Å². The molecule has 0 aromatic heterocycles. The molecule has 1 aromatic carbocycles. The highest BCUT2D eigenvalue weighted by atomic mass is 16.5. The Balaban J connectivity index is 2.94. The second-order valence-corrected chi connectivity index (χ2v) is 5.12. The average Bonchev–Trinajstić information content (AvgIpc) is 2.49. The van der Waals surface area contributed by atoms with Crippen LogP contribution >= 0.6 is 0 Å². The van der Waals surface area contributed by atoms with Crippen molar-refractivity contribution >= 4 is 11.6 Å². The zero-order chi connectivity index (χ0) is 16.6. The third-order valence-corrected chi connectivity index (χ3v) is 3.33. The predicted molar refractivity (Wildman–Crippen MR) is 85.9 cm³/mol. The van der Waals surface area contributed by atoms with E-state index in [1.807, 2.05) is 20.8 Å². The van der Waals surface area contributed by atoms with Gasteiger partial charge in [-0.2, -0.15) is 5.26 Å². The van der Waals surface area contributed by atoms with Gasteiger partial charge < -0.3 is 14.8 Å². The van der Waals surface area contributed by atoms with Crippen molar-refractivity contribution in [3.63, 3.8) is 0 Å². The zero-order valence-corrected chi connectivity index (χ0v) is 13.7. The topological polar surface area (TPSA) is 71.3 Å². The van der Waals surface area contributed by atoms with Crippen LogP contribution < -0.4 is 10.1 Å². The van der Waals surface area contributed by atoms with Crippen LogP contribution in [0.25, 0.3) is 0 Å². The Morgan fingerprint density at radius 2 is 2.05 bits per heavy atom. The standard InChI is InChI=1S/C17H24N2O3/c1-5-10-17(4,22-7-3)16(20)19-14-8-9-15(21-6-2)13(11-14)12-18/h8-9,11H,5-7,10H2,1-4H3,(H,19,20). The van der Waals surface area contributed by atoms with Crippen LogP contribution in [0.4, 0.5) is 5.69 Å². The molecule has 1 unspecified atom stereocenters. The van der Waals surface area contributed by atoms with Crippen molar-refractivity contribution in [1.29, 1.82) is 5.26 Å². The van der Waals surface area contributed by atoms with Gasteiger partial charge in [0.15, 0.2) is 0 Å². The normalized spacial score (nSPS) is 13.0. The Bertz CT molecular complexity index is 543. The Morgan fingerprint density at radius 1 is 1.32 bits per heavy atom. The van der Waals surface area contributed by atoms with Crippen molar-refractivity contribution in [2.45, 2.75) is 46.1 Å². The lowest BCUT2D eigenvalue weighted by Gasteiger charge is -2.27. The molecule has 1 N–H and O–H groups in total. The van der Waals surface area contributed by atoms with Gasteiger partial charge >= 0.3 is 0 Å². The Labute approximate surface area is 132 Å². The summed E-state index contributed by atoms with van der Waals surface area (Å²) in [7, 11) is 0. The van der Waals surface area contributed by atoms with Crippen molar-refractivity contribution in [3.05, 3.63) is 23.8 Å². The van der Waals surface area contributed by atoms with Gasteiger partial charge in [0, 0.05) is 12.3 Å². The monoisotopic (exact) mass is 304 g/mol. The molecule has 120 valence electrons. The zero-order valence-electron chi connectivity index (χ0n) is 13.7. The van der Waals surface area contributed by atoms with Crippen LogP contribution in [0.2, 0.25) is 0 Å². The van der Waals surface area contributed by atoms with Crippen LogP contribution in [0.5, 0.6) is 5.75 Å². The first-order valence-electron chi connectivity index (χ1n) is 7.63. The molecule has 0 fully saturated rings. The fourth-order valence-electron chi connectivity index (χ4n) is 2.29. The lowest BCUT2D eigenvalue weighted by Crippen LogP contribution is -2.42. The highest BCUT2D eigenvalue weighted by molar-refractivity contribution is 5.97. The smallest absolute Gasteiger partial charge is 0.256 e. The first-order valence-corrected chi connectivity index (χ1v) is 7.63. The third kappa shape index (κ3) is 4.47. The largest absolute Gasteiger partial charge is 0.492 e. The minimum Gasteiger partial charge on any atom is -0.492 e. The van der Waals surface area contributed by atoms with E-state index in [1.165, 1.54) is 0 Å². The molecule has 22 heavy (non-hydrogen) atoms. The number of anilines is 1. The summed E-state index contributed by atoms with van der Waals surface area (Å²) in [5.74, 6) is 0.313.